The number of carbonyl (C=O) groups is 1. The summed E-state index contributed by atoms with van der Waals surface area (Å²) in [6.07, 6.45) is 8.08. The van der Waals surface area contributed by atoms with E-state index in [2.05, 4.69) is 16.8 Å². The Morgan fingerprint density at radius 1 is 1.12 bits per heavy atom. The van der Waals surface area contributed by atoms with Crippen LogP contribution in [-0.4, -0.2) is 57.5 Å². The Bertz CT molecular complexity index is 852. The van der Waals surface area contributed by atoms with Gasteiger partial charge in [0.2, 0.25) is 0 Å². The summed E-state index contributed by atoms with van der Waals surface area (Å²) in [7, 11) is 1.70. The maximum Gasteiger partial charge on any atom is 0.274 e. The topological polar surface area (TPSA) is 61.3 Å². The van der Waals surface area contributed by atoms with Gasteiger partial charge in [0.05, 0.1) is 5.56 Å². The summed E-state index contributed by atoms with van der Waals surface area (Å²) in [6, 6.07) is 2.44. The van der Waals surface area contributed by atoms with E-state index >= 15 is 0 Å². The monoisotopic (exact) mass is 356 g/mol. The molecule has 2 aromatic rings. The average molecular weight is 356 g/mol. The van der Waals surface area contributed by atoms with Crippen LogP contribution >= 0.6 is 0 Å². The molecule has 4 rings (SSSR count). The molecule has 0 radical (unpaired) electrons. The van der Waals surface area contributed by atoms with Crippen LogP contribution in [-0.2, 0) is 7.05 Å². The fourth-order valence-corrected chi connectivity index (χ4v) is 4.44. The van der Waals surface area contributed by atoms with Crippen LogP contribution in [0.4, 0.5) is 0 Å². The summed E-state index contributed by atoms with van der Waals surface area (Å²) >= 11 is 0. The zero-order valence-electron chi connectivity index (χ0n) is 15.7. The minimum Gasteiger partial charge on any atom is -0.357 e. The minimum absolute atomic E-state index is 0.0379. The Kier molecular flexibility index (Phi) is 4.61. The van der Waals surface area contributed by atoms with Crippen LogP contribution in [0.5, 0.6) is 0 Å². The van der Waals surface area contributed by atoms with Gasteiger partial charge in [-0.15, -0.1) is 0 Å². The van der Waals surface area contributed by atoms with Crippen LogP contribution in [0.3, 0.4) is 0 Å². The van der Waals surface area contributed by atoms with E-state index in [0.717, 1.165) is 37.2 Å². The molecule has 6 heteroatoms. The Morgan fingerprint density at radius 2 is 1.81 bits per heavy atom. The Balaban J connectivity index is 1.47. The number of rotatable bonds is 2. The molecular formula is C20H28N4O2. The summed E-state index contributed by atoms with van der Waals surface area (Å²) in [5.41, 5.74) is 1.03. The number of nitrogens with zero attached hydrogens (tertiary/aromatic N) is 3. The zero-order valence-corrected chi connectivity index (χ0v) is 15.7. The second kappa shape index (κ2) is 6.91. The summed E-state index contributed by atoms with van der Waals surface area (Å²) in [6.45, 7) is 6.33. The van der Waals surface area contributed by atoms with Crippen molar-refractivity contribution >= 4 is 16.8 Å². The number of hydrogen-bond donors (Lipinski definition) is 1. The molecule has 1 amide bonds. The first-order valence-corrected chi connectivity index (χ1v) is 9.74. The summed E-state index contributed by atoms with van der Waals surface area (Å²) in [4.78, 5) is 32.8. The fraction of sp³-hybridized carbons (Fsp3) is 0.600. The predicted molar refractivity (Wildman–Crippen MR) is 102 cm³/mol. The molecule has 0 aliphatic carbocycles. The molecule has 1 N–H and O–H groups in total. The van der Waals surface area contributed by atoms with Crippen molar-refractivity contribution < 1.29 is 4.79 Å². The van der Waals surface area contributed by atoms with Crippen LogP contribution < -0.4 is 5.56 Å². The molecule has 2 fully saturated rings. The van der Waals surface area contributed by atoms with E-state index in [1.54, 1.807) is 19.4 Å². The lowest BCUT2D eigenvalue weighted by molar-refractivity contribution is 0.0561. The Hall–Kier alpha value is -2.08. The number of likely N-dealkylation sites (tertiary alicyclic amines) is 2. The highest BCUT2D eigenvalue weighted by Crippen LogP contribution is 2.25. The van der Waals surface area contributed by atoms with Crippen molar-refractivity contribution in [1.82, 2.24) is 19.4 Å². The molecule has 0 atom stereocenters. The molecule has 0 saturated carbocycles. The predicted octanol–water partition coefficient (Wildman–Crippen LogP) is 2.20. The minimum atomic E-state index is -0.0976. The van der Waals surface area contributed by atoms with E-state index in [9.17, 15) is 9.59 Å². The summed E-state index contributed by atoms with van der Waals surface area (Å²) in [5.74, 6) is 0.886. The first-order valence-electron chi connectivity index (χ1n) is 9.74. The second-order valence-corrected chi connectivity index (χ2v) is 7.97. The van der Waals surface area contributed by atoms with Crippen molar-refractivity contribution in [3.63, 3.8) is 0 Å². The van der Waals surface area contributed by atoms with Gasteiger partial charge in [0.1, 0.15) is 5.52 Å². The Labute approximate surface area is 153 Å². The molecule has 26 heavy (non-hydrogen) atoms. The SMILES string of the molecule is CC1CCN(C2CCN(C(=O)c3cn(C)c(=O)c4[nH]ccc34)CC2)CC1. The van der Waals surface area contributed by atoms with Gasteiger partial charge in [0.15, 0.2) is 0 Å². The highest BCUT2D eigenvalue weighted by molar-refractivity contribution is 6.05. The van der Waals surface area contributed by atoms with Crippen molar-refractivity contribution in [2.24, 2.45) is 13.0 Å². The van der Waals surface area contributed by atoms with Gasteiger partial charge >= 0.3 is 0 Å². The van der Waals surface area contributed by atoms with Crippen LogP contribution in [0.15, 0.2) is 23.3 Å². The van der Waals surface area contributed by atoms with E-state index < -0.39 is 0 Å². The maximum atomic E-state index is 13.1. The van der Waals surface area contributed by atoms with E-state index in [-0.39, 0.29) is 11.5 Å². The van der Waals surface area contributed by atoms with Gasteiger partial charge < -0.3 is 19.4 Å². The van der Waals surface area contributed by atoms with Crippen molar-refractivity contribution in [2.75, 3.05) is 26.2 Å². The average Bonchev–Trinajstić information content (AvgIpc) is 3.15. The number of pyridine rings is 1. The van der Waals surface area contributed by atoms with Crippen LogP contribution in [0.25, 0.3) is 10.9 Å². The number of amides is 1. The number of aryl methyl sites for hydroxylation is 1. The third kappa shape index (κ3) is 3.07. The van der Waals surface area contributed by atoms with Crippen LogP contribution in [0.2, 0.25) is 0 Å². The van der Waals surface area contributed by atoms with Gasteiger partial charge in [-0.2, -0.15) is 0 Å². The third-order valence-corrected chi connectivity index (χ3v) is 6.21. The summed E-state index contributed by atoms with van der Waals surface area (Å²) < 4.78 is 1.49. The first-order chi connectivity index (χ1) is 12.5. The highest BCUT2D eigenvalue weighted by atomic mass is 16.2. The molecule has 140 valence electrons. The van der Waals surface area contributed by atoms with E-state index in [1.165, 1.54) is 30.5 Å². The molecule has 2 saturated heterocycles. The maximum absolute atomic E-state index is 13.1. The number of aromatic nitrogens is 2. The summed E-state index contributed by atoms with van der Waals surface area (Å²) in [5, 5.41) is 0.727. The van der Waals surface area contributed by atoms with Crippen molar-refractivity contribution in [2.45, 2.75) is 38.6 Å². The molecule has 0 bridgehead atoms. The largest absolute Gasteiger partial charge is 0.357 e. The number of fused-ring (bicyclic) bond motifs is 1. The molecule has 6 nitrogen and oxygen atoms in total. The number of nitrogens with one attached hydrogen (secondary N) is 1. The standard InChI is InChI=1S/C20H28N4O2/c1-14-4-9-23(10-5-14)15-6-11-24(12-7-15)19(25)17-13-22(2)20(26)18-16(17)3-8-21-18/h3,8,13-15,21H,4-7,9-12H2,1-2H3. The molecule has 0 spiro atoms. The van der Waals surface area contributed by atoms with Gasteiger partial charge in [0.25, 0.3) is 11.5 Å². The molecule has 4 heterocycles. The number of aromatic amines is 1. The molecule has 2 aliphatic rings. The number of piperidine rings is 2. The Morgan fingerprint density at radius 3 is 2.50 bits per heavy atom. The lowest BCUT2D eigenvalue weighted by Gasteiger charge is -2.41. The lowest BCUT2D eigenvalue weighted by Crippen LogP contribution is -2.49. The third-order valence-electron chi connectivity index (χ3n) is 6.21. The number of H-pyrrole nitrogens is 1. The van der Waals surface area contributed by atoms with E-state index in [4.69, 9.17) is 0 Å². The second-order valence-electron chi connectivity index (χ2n) is 7.97. The molecule has 0 aromatic carbocycles. The van der Waals surface area contributed by atoms with Crippen LogP contribution in [0.1, 0.15) is 43.0 Å². The molecule has 0 unspecified atom stereocenters. The lowest BCUT2D eigenvalue weighted by atomic mass is 9.94. The number of hydrogen-bond acceptors (Lipinski definition) is 3. The van der Waals surface area contributed by atoms with E-state index in [1.807, 2.05) is 11.0 Å². The van der Waals surface area contributed by atoms with Crippen molar-refractivity contribution in [3.8, 4) is 0 Å². The van der Waals surface area contributed by atoms with Crippen molar-refractivity contribution in [3.05, 3.63) is 34.4 Å². The molecular weight excluding hydrogens is 328 g/mol. The van der Waals surface area contributed by atoms with E-state index in [0.29, 0.717) is 17.1 Å². The first kappa shape index (κ1) is 17.3. The van der Waals surface area contributed by atoms with Gasteiger partial charge in [-0.3, -0.25) is 9.59 Å². The molecule has 2 aliphatic heterocycles. The quantitative estimate of drug-likeness (QED) is 0.897. The van der Waals surface area contributed by atoms with Gasteiger partial charge in [-0.05, 0) is 50.8 Å². The van der Waals surface area contributed by atoms with Crippen molar-refractivity contribution in [1.29, 1.82) is 0 Å². The fourth-order valence-electron chi connectivity index (χ4n) is 4.44. The van der Waals surface area contributed by atoms with Gasteiger partial charge in [0, 0.05) is 44.0 Å². The normalized spacial score (nSPS) is 20.8. The smallest absolute Gasteiger partial charge is 0.274 e. The van der Waals surface area contributed by atoms with Crippen LogP contribution in [0, 0.1) is 5.92 Å². The highest BCUT2D eigenvalue weighted by Gasteiger charge is 2.30. The van der Waals surface area contributed by atoms with Gasteiger partial charge in [-0.1, -0.05) is 6.92 Å². The number of carbonyl (C=O) groups excluding carboxylic acids is 1. The van der Waals surface area contributed by atoms with Gasteiger partial charge in [-0.25, -0.2) is 0 Å². The zero-order chi connectivity index (χ0) is 18.3. The molecule has 2 aromatic heterocycles.